The van der Waals surface area contributed by atoms with E-state index in [4.69, 9.17) is 4.52 Å². The number of carbonyl (C=O) groups excluding carboxylic acids is 1. The van der Waals surface area contributed by atoms with Gasteiger partial charge in [0, 0.05) is 17.4 Å². The maximum Gasteiger partial charge on any atom is 0.261 e. The highest BCUT2D eigenvalue weighted by atomic mass is 32.1. The highest BCUT2D eigenvalue weighted by molar-refractivity contribution is 7.20. The lowest BCUT2D eigenvalue weighted by molar-refractivity contribution is 0.0950. The summed E-state index contributed by atoms with van der Waals surface area (Å²) in [6.45, 7) is 2.96. The molecule has 1 amide bonds. The standard InChI is InChI=1S/C17H15N5O2S/c1-2-22-10-12(8-19-22)16-20-15(24-21-16)9-18-17(23)14-7-11-5-3-4-6-13(11)25-14/h3-8,10H,2,9H2,1H3,(H,18,23). The first-order chi connectivity index (χ1) is 12.2. The molecule has 1 aromatic carbocycles. The zero-order valence-corrected chi connectivity index (χ0v) is 14.3. The molecule has 126 valence electrons. The smallest absolute Gasteiger partial charge is 0.261 e. The number of amides is 1. The van der Waals surface area contributed by atoms with Crippen LogP contribution in [0.4, 0.5) is 0 Å². The quantitative estimate of drug-likeness (QED) is 0.596. The first kappa shape index (κ1) is 15.5. The van der Waals surface area contributed by atoms with E-state index in [2.05, 4.69) is 20.6 Å². The van der Waals surface area contributed by atoms with Gasteiger partial charge in [-0.2, -0.15) is 10.1 Å². The summed E-state index contributed by atoms with van der Waals surface area (Å²) in [6.07, 6.45) is 3.54. The number of carbonyl (C=O) groups is 1. The molecule has 0 atom stereocenters. The maximum absolute atomic E-state index is 12.3. The van der Waals surface area contributed by atoms with Crippen LogP contribution in [-0.4, -0.2) is 25.8 Å². The first-order valence-electron chi connectivity index (χ1n) is 7.85. The minimum absolute atomic E-state index is 0.153. The van der Waals surface area contributed by atoms with Gasteiger partial charge in [-0.1, -0.05) is 23.4 Å². The molecule has 3 aromatic heterocycles. The minimum atomic E-state index is -0.153. The predicted octanol–water partition coefficient (Wildman–Crippen LogP) is 3.10. The molecule has 0 unspecified atom stereocenters. The number of fused-ring (bicyclic) bond motifs is 1. The lowest BCUT2D eigenvalue weighted by atomic mass is 10.2. The van der Waals surface area contributed by atoms with Crippen LogP contribution in [-0.2, 0) is 13.1 Å². The van der Waals surface area contributed by atoms with E-state index in [9.17, 15) is 4.79 Å². The molecule has 0 aliphatic carbocycles. The molecule has 8 heteroatoms. The Morgan fingerprint density at radius 2 is 2.24 bits per heavy atom. The van der Waals surface area contributed by atoms with Gasteiger partial charge in [-0.25, -0.2) is 0 Å². The van der Waals surface area contributed by atoms with Crippen LogP contribution in [0.15, 0.2) is 47.2 Å². The molecule has 0 aliphatic rings. The van der Waals surface area contributed by atoms with Crippen LogP contribution in [0.5, 0.6) is 0 Å². The van der Waals surface area contributed by atoms with Crippen molar-refractivity contribution in [3.8, 4) is 11.4 Å². The summed E-state index contributed by atoms with van der Waals surface area (Å²) in [5.41, 5.74) is 0.785. The van der Waals surface area contributed by atoms with E-state index < -0.39 is 0 Å². The monoisotopic (exact) mass is 353 g/mol. The zero-order valence-electron chi connectivity index (χ0n) is 13.5. The van der Waals surface area contributed by atoms with Gasteiger partial charge in [-0.3, -0.25) is 9.48 Å². The lowest BCUT2D eigenvalue weighted by Gasteiger charge is -1.98. The Bertz CT molecular complexity index is 999. The third-order valence-corrected chi connectivity index (χ3v) is 4.85. The van der Waals surface area contributed by atoms with E-state index in [1.165, 1.54) is 11.3 Å². The molecule has 0 saturated heterocycles. The number of rotatable bonds is 5. The van der Waals surface area contributed by atoms with Gasteiger partial charge in [0.2, 0.25) is 11.7 Å². The zero-order chi connectivity index (χ0) is 17.2. The molecule has 0 spiro atoms. The Morgan fingerprint density at radius 3 is 3.04 bits per heavy atom. The molecule has 25 heavy (non-hydrogen) atoms. The van der Waals surface area contributed by atoms with E-state index in [1.807, 2.05) is 43.5 Å². The van der Waals surface area contributed by atoms with Gasteiger partial charge < -0.3 is 9.84 Å². The average Bonchev–Trinajstić information content (AvgIpc) is 3.37. The molecule has 4 aromatic rings. The second-order valence-corrected chi connectivity index (χ2v) is 6.51. The topological polar surface area (TPSA) is 85.8 Å². The summed E-state index contributed by atoms with van der Waals surface area (Å²) in [6, 6.07) is 9.78. The van der Waals surface area contributed by atoms with Crippen molar-refractivity contribution in [1.82, 2.24) is 25.2 Å². The number of hydrogen-bond acceptors (Lipinski definition) is 6. The molecule has 0 aliphatic heterocycles. The number of hydrogen-bond donors (Lipinski definition) is 1. The Hall–Kier alpha value is -3.00. The summed E-state index contributed by atoms with van der Waals surface area (Å²) in [7, 11) is 0. The highest BCUT2D eigenvalue weighted by Crippen LogP contribution is 2.25. The van der Waals surface area contributed by atoms with Crippen LogP contribution >= 0.6 is 11.3 Å². The largest absolute Gasteiger partial charge is 0.342 e. The number of aromatic nitrogens is 4. The van der Waals surface area contributed by atoms with Gasteiger partial charge in [0.25, 0.3) is 5.91 Å². The fourth-order valence-electron chi connectivity index (χ4n) is 2.43. The normalized spacial score (nSPS) is 11.1. The van der Waals surface area contributed by atoms with Crippen LogP contribution < -0.4 is 5.32 Å². The Labute approximate surface area is 147 Å². The molecule has 0 saturated carbocycles. The summed E-state index contributed by atoms with van der Waals surface area (Å²) in [5, 5.41) is 12.0. The second-order valence-electron chi connectivity index (χ2n) is 5.43. The van der Waals surface area contributed by atoms with Gasteiger partial charge in [0.1, 0.15) is 0 Å². The van der Waals surface area contributed by atoms with E-state index in [0.717, 1.165) is 22.2 Å². The van der Waals surface area contributed by atoms with E-state index in [-0.39, 0.29) is 12.5 Å². The number of nitrogens with one attached hydrogen (secondary N) is 1. The van der Waals surface area contributed by atoms with E-state index in [0.29, 0.717) is 16.6 Å². The number of nitrogens with zero attached hydrogens (tertiary/aromatic N) is 4. The minimum Gasteiger partial charge on any atom is -0.342 e. The third kappa shape index (κ3) is 3.16. The van der Waals surface area contributed by atoms with Crippen LogP contribution in [0.1, 0.15) is 22.5 Å². The van der Waals surface area contributed by atoms with E-state index in [1.54, 1.807) is 10.9 Å². The summed E-state index contributed by atoms with van der Waals surface area (Å²) < 4.78 is 8.07. The van der Waals surface area contributed by atoms with Gasteiger partial charge >= 0.3 is 0 Å². The molecule has 3 heterocycles. The van der Waals surface area contributed by atoms with Crippen molar-refractivity contribution < 1.29 is 9.32 Å². The Balaban J connectivity index is 1.43. The predicted molar refractivity (Wildman–Crippen MR) is 94.2 cm³/mol. The van der Waals surface area contributed by atoms with Crippen LogP contribution in [0.2, 0.25) is 0 Å². The van der Waals surface area contributed by atoms with Crippen LogP contribution in [0.3, 0.4) is 0 Å². The maximum atomic E-state index is 12.3. The molecule has 1 N–H and O–H groups in total. The SMILES string of the molecule is CCn1cc(-c2noc(CNC(=O)c3cc4ccccc4s3)n2)cn1. The molecule has 0 bridgehead atoms. The fourth-order valence-corrected chi connectivity index (χ4v) is 3.41. The lowest BCUT2D eigenvalue weighted by Crippen LogP contribution is -2.21. The Kier molecular flexibility index (Phi) is 4.02. The summed E-state index contributed by atoms with van der Waals surface area (Å²) >= 11 is 1.46. The number of benzene rings is 1. The van der Waals surface area contributed by atoms with Crippen molar-refractivity contribution in [2.75, 3.05) is 0 Å². The average molecular weight is 353 g/mol. The third-order valence-electron chi connectivity index (χ3n) is 3.73. The van der Waals surface area contributed by atoms with E-state index >= 15 is 0 Å². The van der Waals surface area contributed by atoms with Crippen LogP contribution in [0.25, 0.3) is 21.5 Å². The number of aryl methyl sites for hydroxylation is 1. The molecule has 0 fully saturated rings. The molecular weight excluding hydrogens is 338 g/mol. The fraction of sp³-hybridized carbons (Fsp3) is 0.176. The van der Waals surface area contributed by atoms with Gasteiger partial charge in [0.05, 0.1) is 23.2 Å². The number of thiophene rings is 1. The van der Waals surface area contributed by atoms with Crippen molar-refractivity contribution in [2.24, 2.45) is 0 Å². The summed E-state index contributed by atoms with van der Waals surface area (Å²) in [4.78, 5) is 17.3. The summed E-state index contributed by atoms with van der Waals surface area (Å²) in [5.74, 6) is 0.666. The van der Waals surface area contributed by atoms with Gasteiger partial charge in [-0.15, -0.1) is 11.3 Å². The van der Waals surface area contributed by atoms with Gasteiger partial charge in [-0.05, 0) is 24.4 Å². The molecule has 4 rings (SSSR count). The van der Waals surface area contributed by atoms with Crippen molar-refractivity contribution in [3.05, 3.63) is 53.5 Å². The molecule has 0 radical (unpaired) electrons. The van der Waals surface area contributed by atoms with Crippen molar-refractivity contribution in [2.45, 2.75) is 20.0 Å². The van der Waals surface area contributed by atoms with Gasteiger partial charge in [0.15, 0.2) is 0 Å². The highest BCUT2D eigenvalue weighted by Gasteiger charge is 2.13. The van der Waals surface area contributed by atoms with Crippen LogP contribution in [0, 0.1) is 0 Å². The molecular formula is C17H15N5O2S. The van der Waals surface area contributed by atoms with Crippen molar-refractivity contribution in [3.63, 3.8) is 0 Å². The molecule has 7 nitrogen and oxygen atoms in total. The first-order valence-corrected chi connectivity index (χ1v) is 8.67. The van der Waals surface area contributed by atoms with Crippen molar-refractivity contribution in [1.29, 1.82) is 0 Å². The second kappa shape index (κ2) is 6.48. The van der Waals surface area contributed by atoms with Crippen molar-refractivity contribution >= 4 is 27.3 Å². The Morgan fingerprint density at radius 1 is 1.36 bits per heavy atom.